The van der Waals surface area contributed by atoms with Crippen molar-refractivity contribution in [1.29, 1.82) is 0 Å². The molecule has 0 aliphatic carbocycles. The summed E-state index contributed by atoms with van der Waals surface area (Å²) < 4.78 is 18.6. The summed E-state index contributed by atoms with van der Waals surface area (Å²) in [6, 6.07) is 10.6. The molecule has 0 spiro atoms. The molecule has 0 heterocycles. The first-order valence-electron chi connectivity index (χ1n) is 5.80. The number of rotatable bonds is 5. The molecule has 0 unspecified atom stereocenters. The summed E-state index contributed by atoms with van der Waals surface area (Å²) >= 11 is 3.33. The monoisotopic (exact) mass is 339 g/mol. The van der Waals surface area contributed by atoms with Gasteiger partial charge in [0.05, 0.1) is 10.5 Å². The Morgan fingerprint density at radius 2 is 1.90 bits per heavy atom. The van der Waals surface area contributed by atoms with E-state index in [2.05, 4.69) is 15.9 Å². The molecule has 0 bridgehead atoms. The second-order valence-corrected chi connectivity index (χ2v) is 4.66. The molecule has 0 N–H and O–H groups in total. The van der Waals surface area contributed by atoms with Crippen LogP contribution in [0.5, 0.6) is 5.75 Å². The summed E-state index contributed by atoms with van der Waals surface area (Å²) in [6.07, 6.45) is 0. The van der Waals surface area contributed by atoms with Gasteiger partial charge in [-0.3, -0.25) is 10.1 Å². The lowest BCUT2D eigenvalue weighted by molar-refractivity contribution is -0.385. The second-order valence-electron chi connectivity index (χ2n) is 4.10. The Morgan fingerprint density at radius 3 is 2.50 bits per heavy atom. The molecule has 2 aromatic carbocycles. The van der Waals surface area contributed by atoms with Gasteiger partial charge in [-0.25, -0.2) is 4.39 Å². The van der Waals surface area contributed by atoms with Crippen molar-refractivity contribution < 1.29 is 14.1 Å². The normalized spacial score (nSPS) is 10.3. The van der Waals surface area contributed by atoms with Crippen molar-refractivity contribution in [2.45, 2.75) is 11.9 Å². The Hall–Kier alpha value is -1.95. The molecule has 0 aliphatic rings. The van der Waals surface area contributed by atoms with Crippen molar-refractivity contribution in [2.75, 3.05) is 0 Å². The van der Waals surface area contributed by atoms with Crippen LogP contribution in [0.15, 0.2) is 42.5 Å². The Balaban J connectivity index is 2.13. The van der Waals surface area contributed by atoms with Crippen LogP contribution in [0.2, 0.25) is 0 Å². The highest BCUT2D eigenvalue weighted by Gasteiger charge is 2.14. The van der Waals surface area contributed by atoms with Crippen LogP contribution < -0.4 is 4.74 Å². The molecule has 0 fully saturated rings. The van der Waals surface area contributed by atoms with Crippen LogP contribution in [0.1, 0.15) is 11.1 Å². The van der Waals surface area contributed by atoms with Crippen LogP contribution in [0.3, 0.4) is 0 Å². The maximum Gasteiger partial charge on any atom is 0.276 e. The molecule has 0 atom stereocenters. The van der Waals surface area contributed by atoms with E-state index in [9.17, 15) is 14.5 Å². The number of ether oxygens (including phenoxy) is 1. The molecule has 6 heteroatoms. The fourth-order valence-corrected chi connectivity index (χ4v) is 2.06. The van der Waals surface area contributed by atoms with Crippen LogP contribution in [0.4, 0.5) is 10.1 Å². The van der Waals surface area contributed by atoms with E-state index in [1.165, 1.54) is 0 Å². The van der Waals surface area contributed by atoms with Gasteiger partial charge in [-0.1, -0.05) is 28.1 Å². The predicted octanol–water partition coefficient (Wildman–Crippen LogP) is 4.21. The van der Waals surface area contributed by atoms with Gasteiger partial charge in [0.25, 0.3) is 5.69 Å². The molecule has 2 aromatic rings. The lowest BCUT2D eigenvalue weighted by Crippen LogP contribution is -2.01. The van der Waals surface area contributed by atoms with Crippen LogP contribution in [0, 0.1) is 15.9 Å². The zero-order chi connectivity index (χ0) is 14.5. The van der Waals surface area contributed by atoms with Crippen molar-refractivity contribution in [1.82, 2.24) is 0 Å². The average Bonchev–Trinajstić information content (AvgIpc) is 2.45. The van der Waals surface area contributed by atoms with Crippen LogP contribution in [-0.2, 0) is 11.9 Å². The van der Waals surface area contributed by atoms with E-state index < -0.39 is 10.7 Å². The molecule has 20 heavy (non-hydrogen) atoms. The number of halogens is 2. The number of nitro benzene ring substituents is 1. The zero-order valence-electron chi connectivity index (χ0n) is 10.4. The third-order valence-corrected chi connectivity index (χ3v) is 3.36. The Kier molecular flexibility index (Phi) is 4.68. The van der Waals surface area contributed by atoms with Crippen LogP contribution in [-0.4, -0.2) is 4.92 Å². The van der Waals surface area contributed by atoms with E-state index in [1.54, 1.807) is 12.1 Å². The average molecular weight is 340 g/mol. The van der Waals surface area contributed by atoms with E-state index in [-0.39, 0.29) is 17.9 Å². The first kappa shape index (κ1) is 14.5. The maximum atomic E-state index is 13.2. The summed E-state index contributed by atoms with van der Waals surface area (Å²) in [5.41, 5.74) is 1.15. The van der Waals surface area contributed by atoms with Gasteiger partial charge in [-0.15, -0.1) is 0 Å². The van der Waals surface area contributed by atoms with Gasteiger partial charge in [0.1, 0.15) is 18.2 Å². The summed E-state index contributed by atoms with van der Waals surface area (Å²) in [5, 5.41) is 11.6. The maximum absolute atomic E-state index is 13.2. The van der Waals surface area contributed by atoms with E-state index in [0.29, 0.717) is 5.75 Å². The molecule has 2 rings (SSSR count). The summed E-state index contributed by atoms with van der Waals surface area (Å²) in [4.78, 5) is 10.3. The highest BCUT2D eigenvalue weighted by molar-refractivity contribution is 9.08. The van der Waals surface area contributed by atoms with Gasteiger partial charge in [0.15, 0.2) is 0 Å². The minimum absolute atomic E-state index is 0.0538. The van der Waals surface area contributed by atoms with Crippen LogP contribution >= 0.6 is 15.9 Å². The predicted molar refractivity (Wildman–Crippen MR) is 76.5 cm³/mol. The van der Waals surface area contributed by atoms with Gasteiger partial charge in [-0.05, 0) is 29.8 Å². The van der Waals surface area contributed by atoms with Gasteiger partial charge >= 0.3 is 0 Å². The molecule has 0 radical (unpaired) electrons. The molecule has 0 saturated carbocycles. The van der Waals surface area contributed by atoms with Crippen molar-refractivity contribution in [3.05, 3.63) is 69.5 Å². The standard InChI is InChI=1S/C14H11BrFNO3/c15-8-10-1-4-13(5-2-10)20-9-11-7-12(16)3-6-14(11)17(18)19/h1-7H,8-9H2. The number of hydrogen-bond donors (Lipinski definition) is 0. The van der Waals surface area contributed by atoms with Gasteiger partial charge in [0, 0.05) is 11.4 Å². The second kappa shape index (κ2) is 6.47. The highest BCUT2D eigenvalue weighted by Crippen LogP contribution is 2.22. The minimum atomic E-state index is -0.550. The Labute approximate surface area is 123 Å². The van der Waals surface area contributed by atoms with Gasteiger partial charge in [0.2, 0.25) is 0 Å². The minimum Gasteiger partial charge on any atom is -0.489 e. The number of benzene rings is 2. The molecule has 0 amide bonds. The zero-order valence-corrected chi connectivity index (χ0v) is 12.0. The van der Waals surface area contributed by atoms with Crippen molar-refractivity contribution in [2.24, 2.45) is 0 Å². The highest BCUT2D eigenvalue weighted by atomic mass is 79.9. The Bertz CT molecular complexity index is 616. The van der Waals surface area contributed by atoms with E-state index in [1.807, 2.05) is 12.1 Å². The third kappa shape index (κ3) is 3.54. The number of hydrogen-bond acceptors (Lipinski definition) is 3. The third-order valence-electron chi connectivity index (χ3n) is 2.71. The van der Waals surface area contributed by atoms with Gasteiger partial charge < -0.3 is 4.74 Å². The van der Waals surface area contributed by atoms with E-state index >= 15 is 0 Å². The van der Waals surface area contributed by atoms with Crippen molar-refractivity contribution in [3.8, 4) is 5.75 Å². The summed E-state index contributed by atoms with van der Waals surface area (Å²) in [6.45, 7) is -0.0538. The topological polar surface area (TPSA) is 52.4 Å². The molecule has 0 saturated heterocycles. The summed E-state index contributed by atoms with van der Waals surface area (Å²) in [7, 11) is 0. The number of nitro groups is 1. The first-order chi connectivity index (χ1) is 9.60. The largest absolute Gasteiger partial charge is 0.489 e. The van der Waals surface area contributed by atoms with E-state index in [4.69, 9.17) is 4.74 Å². The lowest BCUT2D eigenvalue weighted by Gasteiger charge is -2.07. The molecule has 4 nitrogen and oxygen atoms in total. The lowest BCUT2D eigenvalue weighted by atomic mass is 10.2. The number of alkyl halides is 1. The fourth-order valence-electron chi connectivity index (χ4n) is 1.68. The Morgan fingerprint density at radius 1 is 1.20 bits per heavy atom. The van der Waals surface area contributed by atoms with E-state index in [0.717, 1.165) is 29.1 Å². The quantitative estimate of drug-likeness (QED) is 0.465. The van der Waals surface area contributed by atoms with Crippen molar-refractivity contribution >= 4 is 21.6 Å². The molecule has 104 valence electrons. The fraction of sp³-hybridized carbons (Fsp3) is 0.143. The van der Waals surface area contributed by atoms with Crippen molar-refractivity contribution in [3.63, 3.8) is 0 Å². The SMILES string of the molecule is O=[N+]([O-])c1ccc(F)cc1COc1ccc(CBr)cc1. The molecule has 0 aliphatic heterocycles. The summed E-state index contributed by atoms with van der Waals surface area (Å²) in [5.74, 6) is 0.0529. The van der Waals surface area contributed by atoms with Gasteiger partial charge in [-0.2, -0.15) is 0 Å². The molecule has 0 aromatic heterocycles. The smallest absolute Gasteiger partial charge is 0.276 e. The van der Waals surface area contributed by atoms with Crippen LogP contribution in [0.25, 0.3) is 0 Å². The molecular weight excluding hydrogens is 329 g/mol. The molecular formula is C14H11BrFNO3. The first-order valence-corrected chi connectivity index (χ1v) is 6.93. The number of nitrogens with zero attached hydrogens (tertiary/aromatic N) is 1.